The molecule has 0 amide bonds. The lowest BCUT2D eigenvalue weighted by molar-refractivity contribution is -0.142. The average Bonchev–Trinajstić information content (AvgIpc) is 2.89. The Hall–Kier alpha value is -2.37. The highest BCUT2D eigenvalue weighted by atomic mass is 16.4. The van der Waals surface area contributed by atoms with E-state index in [9.17, 15) is 9.90 Å². The fraction of sp³-hybridized carbons (Fsp3) is 0.357. The number of aromatic nitrogens is 3. The molecule has 1 aliphatic carbocycles. The molecule has 2 aromatic heterocycles. The molecule has 6 nitrogen and oxygen atoms in total. The molecule has 6 heteroatoms. The molecule has 2 unspecified atom stereocenters. The maximum atomic E-state index is 11.4. The molecule has 2 aromatic rings. The summed E-state index contributed by atoms with van der Waals surface area (Å²) in [6.45, 7) is 0. The van der Waals surface area contributed by atoms with Gasteiger partial charge in [0.1, 0.15) is 11.6 Å². The molecule has 0 bridgehead atoms. The van der Waals surface area contributed by atoms with E-state index in [1.165, 1.54) is 0 Å². The SMILES string of the molecule is CNc1ccc2[nH]c(C3CC=CCC3C(=O)O)nc2n1. The quantitative estimate of drug-likeness (QED) is 0.745. The molecule has 0 aliphatic heterocycles. The van der Waals surface area contributed by atoms with Gasteiger partial charge in [-0.2, -0.15) is 0 Å². The van der Waals surface area contributed by atoms with Crippen molar-refractivity contribution in [2.75, 3.05) is 12.4 Å². The van der Waals surface area contributed by atoms with Crippen molar-refractivity contribution in [2.24, 2.45) is 5.92 Å². The van der Waals surface area contributed by atoms with Gasteiger partial charge in [-0.3, -0.25) is 4.79 Å². The van der Waals surface area contributed by atoms with Crippen LogP contribution in [0.4, 0.5) is 5.82 Å². The second-order valence-electron chi connectivity index (χ2n) is 4.93. The maximum Gasteiger partial charge on any atom is 0.307 e. The van der Waals surface area contributed by atoms with Gasteiger partial charge in [-0.15, -0.1) is 0 Å². The highest BCUT2D eigenvalue weighted by Gasteiger charge is 2.32. The number of H-pyrrole nitrogens is 1. The minimum atomic E-state index is -0.774. The van der Waals surface area contributed by atoms with Crippen LogP contribution in [0.1, 0.15) is 24.6 Å². The van der Waals surface area contributed by atoms with Crippen molar-refractivity contribution in [1.29, 1.82) is 0 Å². The summed E-state index contributed by atoms with van der Waals surface area (Å²) in [6, 6.07) is 3.76. The van der Waals surface area contributed by atoms with Gasteiger partial charge in [-0.25, -0.2) is 9.97 Å². The molecule has 0 saturated heterocycles. The molecule has 104 valence electrons. The molecule has 1 aliphatic rings. The Labute approximate surface area is 115 Å². The van der Waals surface area contributed by atoms with Crippen molar-refractivity contribution in [3.05, 3.63) is 30.1 Å². The van der Waals surface area contributed by atoms with Crippen LogP contribution in [0, 0.1) is 5.92 Å². The summed E-state index contributed by atoms with van der Waals surface area (Å²) in [5.41, 5.74) is 1.45. The van der Waals surface area contributed by atoms with Gasteiger partial charge in [0.15, 0.2) is 5.65 Å². The third-order valence-electron chi connectivity index (χ3n) is 3.72. The van der Waals surface area contributed by atoms with E-state index in [0.717, 1.165) is 11.3 Å². The molecule has 0 fully saturated rings. The molecule has 0 aromatic carbocycles. The minimum absolute atomic E-state index is 0.121. The summed E-state index contributed by atoms with van der Waals surface area (Å²) in [7, 11) is 1.80. The van der Waals surface area contributed by atoms with E-state index >= 15 is 0 Å². The number of anilines is 1. The van der Waals surface area contributed by atoms with Crippen LogP contribution in [-0.4, -0.2) is 33.1 Å². The van der Waals surface area contributed by atoms with Gasteiger partial charge in [-0.05, 0) is 25.0 Å². The van der Waals surface area contributed by atoms with E-state index in [1.54, 1.807) is 7.05 Å². The van der Waals surface area contributed by atoms with E-state index < -0.39 is 11.9 Å². The van der Waals surface area contributed by atoms with Crippen LogP contribution in [-0.2, 0) is 4.79 Å². The van der Waals surface area contributed by atoms with Crippen LogP contribution in [0.2, 0.25) is 0 Å². The number of pyridine rings is 1. The number of nitrogens with zero attached hydrogens (tertiary/aromatic N) is 2. The number of hydrogen-bond donors (Lipinski definition) is 3. The lowest BCUT2D eigenvalue weighted by atomic mass is 9.82. The Morgan fingerprint density at radius 3 is 2.90 bits per heavy atom. The monoisotopic (exact) mass is 272 g/mol. The first-order chi connectivity index (χ1) is 9.69. The number of rotatable bonds is 3. The van der Waals surface area contributed by atoms with Crippen molar-refractivity contribution in [3.8, 4) is 0 Å². The molecule has 2 heterocycles. The van der Waals surface area contributed by atoms with Gasteiger partial charge in [0.25, 0.3) is 0 Å². The van der Waals surface area contributed by atoms with Crippen LogP contribution in [0.15, 0.2) is 24.3 Å². The van der Waals surface area contributed by atoms with Crippen molar-refractivity contribution >= 4 is 23.0 Å². The van der Waals surface area contributed by atoms with Gasteiger partial charge in [0, 0.05) is 13.0 Å². The molecule has 2 atom stereocenters. The predicted molar refractivity (Wildman–Crippen MR) is 75.7 cm³/mol. The third-order valence-corrected chi connectivity index (χ3v) is 3.72. The van der Waals surface area contributed by atoms with Gasteiger partial charge in [0.05, 0.1) is 11.4 Å². The molecular weight excluding hydrogens is 256 g/mol. The van der Waals surface area contributed by atoms with E-state index in [0.29, 0.717) is 24.3 Å². The summed E-state index contributed by atoms with van der Waals surface area (Å²) in [4.78, 5) is 23.4. The topological polar surface area (TPSA) is 90.9 Å². The van der Waals surface area contributed by atoms with Crippen LogP contribution >= 0.6 is 0 Å². The number of imidazole rings is 1. The number of nitrogens with one attached hydrogen (secondary N) is 2. The largest absolute Gasteiger partial charge is 0.481 e. The molecule has 0 spiro atoms. The summed E-state index contributed by atoms with van der Waals surface area (Å²) in [6.07, 6.45) is 5.18. The van der Waals surface area contributed by atoms with Crippen LogP contribution in [0.25, 0.3) is 11.2 Å². The van der Waals surface area contributed by atoms with Gasteiger partial charge in [-0.1, -0.05) is 12.2 Å². The molecule has 3 N–H and O–H groups in total. The van der Waals surface area contributed by atoms with Crippen LogP contribution < -0.4 is 5.32 Å². The highest BCUT2D eigenvalue weighted by molar-refractivity contribution is 5.74. The number of hydrogen-bond acceptors (Lipinski definition) is 4. The van der Waals surface area contributed by atoms with Gasteiger partial charge in [0.2, 0.25) is 0 Å². The van der Waals surface area contributed by atoms with E-state index in [1.807, 2.05) is 24.3 Å². The van der Waals surface area contributed by atoms with Crippen molar-refractivity contribution in [3.63, 3.8) is 0 Å². The number of allylic oxidation sites excluding steroid dienone is 2. The zero-order chi connectivity index (χ0) is 14.1. The first kappa shape index (κ1) is 12.7. The maximum absolute atomic E-state index is 11.4. The smallest absolute Gasteiger partial charge is 0.307 e. The Kier molecular flexibility index (Phi) is 3.14. The fourth-order valence-corrected chi connectivity index (χ4v) is 2.62. The fourth-order valence-electron chi connectivity index (χ4n) is 2.62. The molecule has 0 radical (unpaired) electrons. The van der Waals surface area contributed by atoms with Crippen molar-refractivity contribution < 1.29 is 9.90 Å². The molecule has 3 rings (SSSR count). The summed E-state index contributed by atoms with van der Waals surface area (Å²) in [5.74, 6) is 0.129. The number of carbonyl (C=O) groups is 1. The van der Waals surface area contributed by atoms with E-state index in [4.69, 9.17) is 0 Å². The Morgan fingerprint density at radius 2 is 2.15 bits per heavy atom. The van der Waals surface area contributed by atoms with Crippen molar-refractivity contribution in [1.82, 2.24) is 15.0 Å². The van der Waals surface area contributed by atoms with Gasteiger partial charge < -0.3 is 15.4 Å². The second-order valence-corrected chi connectivity index (χ2v) is 4.93. The number of aromatic amines is 1. The van der Waals surface area contributed by atoms with Crippen LogP contribution in [0.3, 0.4) is 0 Å². The highest BCUT2D eigenvalue weighted by Crippen LogP contribution is 2.34. The summed E-state index contributed by atoms with van der Waals surface area (Å²) >= 11 is 0. The first-order valence-corrected chi connectivity index (χ1v) is 6.61. The normalized spacial score (nSPS) is 22.1. The Bertz CT molecular complexity index is 677. The second kappa shape index (κ2) is 4.96. The van der Waals surface area contributed by atoms with E-state index in [-0.39, 0.29) is 5.92 Å². The predicted octanol–water partition coefficient (Wildman–Crippen LogP) is 2.13. The lowest BCUT2D eigenvalue weighted by Crippen LogP contribution is -2.24. The Morgan fingerprint density at radius 1 is 1.35 bits per heavy atom. The first-order valence-electron chi connectivity index (χ1n) is 6.61. The molecule has 0 saturated carbocycles. The van der Waals surface area contributed by atoms with Gasteiger partial charge >= 0.3 is 5.97 Å². The molecule has 20 heavy (non-hydrogen) atoms. The number of carboxylic acids is 1. The zero-order valence-corrected chi connectivity index (χ0v) is 11.1. The van der Waals surface area contributed by atoms with Crippen molar-refractivity contribution in [2.45, 2.75) is 18.8 Å². The van der Waals surface area contributed by atoms with Crippen LogP contribution in [0.5, 0.6) is 0 Å². The third kappa shape index (κ3) is 2.13. The standard InChI is InChI=1S/C14H16N4O2/c1-15-11-7-6-10-13(17-11)18-12(16-10)8-4-2-3-5-9(8)14(19)20/h2-3,6-9H,4-5H2,1H3,(H,19,20)(H2,15,16,17,18). The molecular formula is C14H16N4O2. The minimum Gasteiger partial charge on any atom is -0.481 e. The average molecular weight is 272 g/mol. The Balaban J connectivity index is 2.00. The van der Waals surface area contributed by atoms with E-state index in [2.05, 4.69) is 20.3 Å². The number of carboxylic acid groups (broad SMARTS) is 1. The number of fused-ring (bicyclic) bond motifs is 1. The summed E-state index contributed by atoms with van der Waals surface area (Å²) in [5, 5.41) is 12.3. The number of aliphatic carboxylic acids is 1. The zero-order valence-electron chi connectivity index (χ0n) is 11.1. The summed E-state index contributed by atoms with van der Waals surface area (Å²) < 4.78 is 0. The lowest BCUT2D eigenvalue weighted by Gasteiger charge is -2.23.